The lowest BCUT2D eigenvalue weighted by Gasteiger charge is -2.17. The number of rotatable bonds is 8. The summed E-state index contributed by atoms with van der Waals surface area (Å²) in [5.74, 6) is 0.741. The Morgan fingerprint density at radius 3 is 2.45 bits per heavy atom. The number of likely N-dealkylation sites (N-methyl/N-ethyl adjacent to an activating group) is 1. The summed E-state index contributed by atoms with van der Waals surface area (Å²) in [5.41, 5.74) is 0. The highest BCUT2D eigenvalue weighted by molar-refractivity contribution is 5.85. The maximum absolute atomic E-state index is 12.0. The molecule has 0 unspecified atom stereocenters. The predicted molar refractivity (Wildman–Crippen MR) is 81.9 cm³/mol. The number of amides is 2. The van der Waals surface area contributed by atoms with Crippen LogP contribution in [0.2, 0.25) is 0 Å². The standard InChI is InChI=1S/C16H22N2O4/c1-3-21-13-6-4-5-7-14(13)22-11-16(20)18(2)10-15(19)17-12-8-9-12/h4-7,12H,3,8-11H2,1-2H3,(H,17,19). The van der Waals surface area contributed by atoms with Crippen LogP contribution in [-0.4, -0.2) is 49.6 Å². The SMILES string of the molecule is CCOc1ccccc1OCC(=O)N(C)CC(=O)NC1CC1. The van der Waals surface area contributed by atoms with Gasteiger partial charge in [-0.15, -0.1) is 0 Å². The first-order valence-corrected chi connectivity index (χ1v) is 7.48. The number of nitrogens with zero attached hydrogens (tertiary/aromatic N) is 1. The monoisotopic (exact) mass is 306 g/mol. The largest absolute Gasteiger partial charge is 0.490 e. The lowest BCUT2D eigenvalue weighted by molar-refractivity contribution is -0.136. The van der Waals surface area contributed by atoms with Gasteiger partial charge >= 0.3 is 0 Å². The number of carbonyl (C=O) groups is 2. The molecule has 120 valence electrons. The minimum atomic E-state index is -0.253. The van der Waals surface area contributed by atoms with E-state index in [1.807, 2.05) is 19.1 Å². The highest BCUT2D eigenvalue weighted by Gasteiger charge is 2.24. The second kappa shape index (κ2) is 7.68. The third kappa shape index (κ3) is 4.95. The van der Waals surface area contributed by atoms with Gasteiger partial charge in [-0.25, -0.2) is 0 Å². The minimum absolute atomic E-state index is 0.0474. The van der Waals surface area contributed by atoms with Gasteiger partial charge in [-0.05, 0) is 31.9 Å². The van der Waals surface area contributed by atoms with Gasteiger partial charge in [0.15, 0.2) is 18.1 Å². The van der Waals surface area contributed by atoms with Crippen molar-refractivity contribution in [1.82, 2.24) is 10.2 Å². The van der Waals surface area contributed by atoms with Crippen molar-refractivity contribution in [2.24, 2.45) is 0 Å². The molecule has 1 aromatic rings. The summed E-state index contributed by atoms with van der Waals surface area (Å²) in [5, 5.41) is 2.85. The smallest absolute Gasteiger partial charge is 0.260 e. The fourth-order valence-electron chi connectivity index (χ4n) is 1.90. The molecule has 0 spiro atoms. The Hall–Kier alpha value is -2.24. The van der Waals surface area contributed by atoms with Gasteiger partial charge in [-0.2, -0.15) is 0 Å². The molecule has 1 saturated carbocycles. The summed E-state index contributed by atoms with van der Waals surface area (Å²) >= 11 is 0. The van der Waals surface area contributed by atoms with Crippen molar-refractivity contribution in [3.63, 3.8) is 0 Å². The number of para-hydroxylation sites is 2. The average molecular weight is 306 g/mol. The van der Waals surface area contributed by atoms with Crippen LogP contribution in [0, 0.1) is 0 Å². The van der Waals surface area contributed by atoms with Crippen LogP contribution in [0.5, 0.6) is 11.5 Å². The van der Waals surface area contributed by atoms with Crippen LogP contribution in [0.3, 0.4) is 0 Å². The number of carbonyl (C=O) groups excluding carboxylic acids is 2. The second-order valence-electron chi connectivity index (χ2n) is 5.26. The third-order valence-electron chi connectivity index (χ3n) is 3.25. The quantitative estimate of drug-likeness (QED) is 0.783. The van der Waals surface area contributed by atoms with E-state index in [1.54, 1.807) is 19.2 Å². The van der Waals surface area contributed by atoms with E-state index in [2.05, 4.69) is 5.32 Å². The Kier molecular flexibility index (Phi) is 5.63. The average Bonchev–Trinajstić information content (AvgIpc) is 3.30. The van der Waals surface area contributed by atoms with Gasteiger partial charge in [0.1, 0.15) is 0 Å². The fraction of sp³-hybridized carbons (Fsp3) is 0.500. The van der Waals surface area contributed by atoms with Gasteiger partial charge in [-0.3, -0.25) is 9.59 Å². The van der Waals surface area contributed by atoms with Crippen molar-refractivity contribution in [2.75, 3.05) is 26.8 Å². The molecule has 0 aliphatic heterocycles. The molecule has 0 heterocycles. The van der Waals surface area contributed by atoms with Crippen molar-refractivity contribution in [3.8, 4) is 11.5 Å². The maximum atomic E-state index is 12.0. The van der Waals surface area contributed by atoms with E-state index in [1.165, 1.54) is 4.90 Å². The first-order chi connectivity index (χ1) is 10.6. The van der Waals surface area contributed by atoms with E-state index in [0.29, 0.717) is 24.1 Å². The molecule has 2 amide bonds. The van der Waals surface area contributed by atoms with E-state index in [0.717, 1.165) is 12.8 Å². The molecule has 0 radical (unpaired) electrons. The zero-order chi connectivity index (χ0) is 15.9. The van der Waals surface area contributed by atoms with Gasteiger partial charge in [0.05, 0.1) is 13.2 Å². The molecular weight excluding hydrogens is 284 g/mol. The molecule has 0 saturated heterocycles. The molecule has 1 fully saturated rings. The van der Waals surface area contributed by atoms with Crippen molar-refractivity contribution in [3.05, 3.63) is 24.3 Å². The molecule has 1 aromatic carbocycles. The molecule has 0 atom stereocenters. The highest BCUT2D eigenvalue weighted by atomic mass is 16.5. The number of ether oxygens (including phenoxy) is 2. The van der Waals surface area contributed by atoms with Gasteiger partial charge in [0.2, 0.25) is 5.91 Å². The molecule has 22 heavy (non-hydrogen) atoms. The first kappa shape index (κ1) is 16.1. The van der Waals surface area contributed by atoms with Crippen LogP contribution < -0.4 is 14.8 Å². The van der Waals surface area contributed by atoms with Crippen molar-refractivity contribution in [2.45, 2.75) is 25.8 Å². The van der Waals surface area contributed by atoms with Gasteiger partial charge in [0.25, 0.3) is 5.91 Å². The lowest BCUT2D eigenvalue weighted by Crippen LogP contribution is -2.40. The summed E-state index contributed by atoms with van der Waals surface area (Å²) in [4.78, 5) is 25.0. The van der Waals surface area contributed by atoms with Crippen LogP contribution in [0.25, 0.3) is 0 Å². The second-order valence-corrected chi connectivity index (χ2v) is 5.26. The van der Waals surface area contributed by atoms with Gasteiger partial charge < -0.3 is 19.7 Å². The molecule has 0 bridgehead atoms. The minimum Gasteiger partial charge on any atom is -0.490 e. The van der Waals surface area contributed by atoms with Crippen LogP contribution >= 0.6 is 0 Å². The summed E-state index contributed by atoms with van der Waals surface area (Å²) in [6.07, 6.45) is 2.06. The Labute approximate surface area is 130 Å². The van der Waals surface area contributed by atoms with Crippen LogP contribution in [0.4, 0.5) is 0 Å². The molecule has 6 heteroatoms. The Morgan fingerprint density at radius 1 is 1.23 bits per heavy atom. The fourth-order valence-corrected chi connectivity index (χ4v) is 1.90. The van der Waals surface area contributed by atoms with Gasteiger partial charge in [0, 0.05) is 13.1 Å². The lowest BCUT2D eigenvalue weighted by atomic mass is 10.3. The topological polar surface area (TPSA) is 67.9 Å². The zero-order valence-electron chi connectivity index (χ0n) is 13.0. The number of hydrogen-bond acceptors (Lipinski definition) is 4. The van der Waals surface area contributed by atoms with Crippen LogP contribution in [0.1, 0.15) is 19.8 Å². The number of nitrogens with one attached hydrogen (secondary N) is 1. The number of benzene rings is 1. The normalized spacial score (nSPS) is 13.4. The molecule has 1 N–H and O–H groups in total. The Balaban J connectivity index is 1.79. The number of hydrogen-bond donors (Lipinski definition) is 1. The van der Waals surface area contributed by atoms with E-state index < -0.39 is 0 Å². The highest BCUT2D eigenvalue weighted by Crippen LogP contribution is 2.26. The molecule has 0 aromatic heterocycles. The predicted octanol–water partition coefficient (Wildman–Crippen LogP) is 1.20. The van der Waals surface area contributed by atoms with Crippen LogP contribution in [0.15, 0.2) is 24.3 Å². The summed E-state index contributed by atoms with van der Waals surface area (Å²) in [6.45, 7) is 2.33. The third-order valence-corrected chi connectivity index (χ3v) is 3.25. The Bertz CT molecular complexity index is 529. The van der Waals surface area contributed by atoms with E-state index in [4.69, 9.17) is 9.47 Å². The van der Waals surface area contributed by atoms with E-state index in [-0.39, 0.29) is 25.0 Å². The summed E-state index contributed by atoms with van der Waals surface area (Å²) in [7, 11) is 1.59. The van der Waals surface area contributed by atoms with E-state index >= 15 is 0 Å². The molecule has 1 aliphatic carbocycles. The van der Waals surface area contributed by atoms with Gasteiger partial charge in [-0.1, -0.05) is 12.1 Å². The molecule has 1 aliphatic rings. The van der Waals surface area contributed by atoms with Crippen molar-refractivity contribution >= 4 is 11.8 Å². The maximum Gasteiger partial charge on any atom is 0.260 e. The molecule has 6 nitrogen and oxygen atoms in total. The molecular formula is C16H22N2O4. The summed E-state index contributed by atoms with van der Waals surface area (Å²) < 4.78 is 10.9. The Morgan fingerprint density at radius 2 is 1.86 bits per heavy atom. The summed E-state index contributed by atoms with van der Waals surface area (Å²) in [6, 6.07) is 7.49. The zero-order valence-corrected chi connectivity index (χ0v) is 13.0. The first-order valence-electron chi connectivity index (χ1n) is 7.48. The van der Waals surface area contributed by atoms with Crippen molar-refractivity contribution < 1.29 is 19.1 Å². The van der Waals surface area contributed by atoms with E-state index in [9.17, 15) is 9.59 Å². The van der Waals surface area contributed by atoms with Crippen molar-refractivity contribution in [1.29, 1.82) is 0 Å². The van der Waals surface area contributed by atoms with Crippen LogP contribution in [-0.2, 0) is 9.59 Å². The molecule has 2 rings (SSSR count).